The van der Waals surface area contributed by atoms with Crippen LogP contribution in [0, 0.1) is 5.82 Å². The Hall–Kier alpha value is -2.77. The molecule has 0 fully saturated rings. The number of carbonyl (C=O) groups excluding carboxylic acids is 1. The number of hydrogen-bond acceptors (Lipinski definition) is 6. The SMILES string of the molecule is COC(=O)/C(=C/c1ccc(F)cc1)n1nnnc1N. The zero-order valence-corrected chi connectivity index (χ0v) is 9.95. The summed E-state index contributed by atoms with van der Waals surface area (Å²) in [4.78, 5) is 11.7. The second-order valence-corrected chi connectivity index (χ2v) is 3.52. The third-order valence-corrected chi connectivity index (χ3v) is 2.29. The summed E-state index contributed by atoms with van der Waals surface area (Å²) in [5.41, 5.74) is 6.13. The van der Waals surface area contributed by atoms with Crippen LogP contribution in [0.3, 0.4) is 0 Å². The lowest BCUT2D eigenvalue weighted by atomic mass is 10.2. The van der Waals surface area contributed by atoms with Crippen molar-refractivity contribution in [2.24, 2.45) is 0 Å². The van der Waals surface area contributed by atoms with Crippen LogP contribution in [0.5, 0.6) is 0 Å². The van der Waals surface area contributed by atoms with Crippen molar-refractivity contribution in [3.63, 3.8) is 0 Å². The van der Waals surface area contributed by atoms with Crippen LogP contribution in [-0.4, -0.2) is 33.3 Å². The lowest BCUT2D eigenvalue weighted by Crippen LogP contribution is -2.14. The number of carbonyl (C=O) groups is 1. The number of esters is 1. The minimum absolute atomic E-state index is 0.0246. The smallest absolute Gasteiger partial charge is 0.356 e. The summed E-state index contributed by atoms with van der Waals surface area (Å²) in [7, 11) is 1.22. The number of rotatable bonds is 3. The molecule has 0 amide bonds. The Bertz CT molecular complexity index is 620. The van der Waals surface area contributed by atoms with Crippen molar-refractivity contribution in [2.45, 2.75) is 0 Å². The van der Waals surface area contributed by atoms with Crippen molar-refractivity contribution in [3.8, 4) is 0 Å². The maximum absolute atomic E-state index is 12.8. The van der Waals surface area contributed by atoms with Gasteiger partial charge in [-0.2, -0.15) is 4.68 Å². The van der Waals surface area contributed by atoms with Crippen molar-refractivity contribution in [1.82, 2.24) is 20.2 Å². The van der Waals surface area contributed by atoms with Crippen molar-refractivity contribution in [3.05, 3.63) is 35.6 Å². The molecule has 0 radical (unpaired) electrons. The van der Waals surface area contributed by atoms with E-state index in [1.807, 2.05) is 0 Å². The van der Waals surface area contributed by atoms with E-state index in [-0.39, 0.29) is 17.5 Å². The number of nitrogens with two attached hydrogens (primary N) is 1. The summed E-state index contributed by atoms with van der Waals surface area (Å²) < 4.78 is 18.5. The van der Waals surface area contributed by atoms with Crippen LogP contribution >= 0.6 is 0 Å². The molecule has 2 rings (SSSR count). The van der Waals surface area contributed by atoms with Gasteiger partial charge in [0, 0.05) is 0 Å². The van der Waals surface area contributed by atoms with Gasteiger partial charge in [-0.25, -0.2) is 9.18 Å². The highest BCUT2D eigenvalue weighted by Gasteiger charge is 2.16. The molecule has 0 spiro atoms. The van der Waals surface area contributed by atoms with Gasteiger partial charge in [-0.1, -0.05) is 17.2 Å². The Morgan fingerprint density at radius 2 is 2.11 bits per heavy atom. The van der Waals surface area contributed by atoms with Crippen LogP contribution in [0.15, 0.2) is 24.3 Å². The second kappa shape index (κ2) is 5.25. The Morgan fingerprint density at radius 1 is 1.42 bits per heavy atom. The topological polar surface area (TPSA) is 95.9 Å². The highest BCUT2D eigenvalue weighted by atomic mass is 19.1. The molecule has 0 aliphatic heterocycles. The summed E-state index contributed by atoms with van der Waals surface area (Å²) in [6.45, 7) is 0. The van der Waals surface area contributed by atoms with Crippen LogP contribution in [-0.2, 0) is 9.53 Å². The zero-order chi connectivity index (χ0) is 13.8. The molecule has 0 unspecified atom stereocenters. The summed E-state index contributed by atoms with van der Waals surface area (Å²) in [6, 6.07) is 5.53. The average Bonchev–Trinajstić information content (AvgIpc) is 2.83. The molecule has 1 heterocycles. The number of halogens is 1. The summed E-state index contributed by atoms with van der Waals surface area (Å²) in [6.07, 6.45) is 1.44. The summed E-state index contributed by atoms with van der Waals surface area (Å²) in [5, 5.41) is 10.4. The number of anilines is 1. The maximum Gasteiger partial charge on any atom is 0.356 e. The van der Waals surface area contributed by atoms with Gasteiger partial charge < -0.3 is 10.5 Å². The third-order valence-electron chi connectivity index (χ3n) is 2.29. The molecule has 0 aliphatic carbocycles. The molecule has 0 saturated carbocycles. The van der Waals surface area contributed by atoms with Crippen molar-refractivity contribution in [2.75, 3.05) is 12.8 Å². The zero-order valence-electron chi connectivity index (χ0n) is 9.95. The molecular formula is C11H10FN5O2. The quantitative estimate of drug-likeness (QED) is 0.642. The Morgan fingerprint density at radius 3 is 2.63 bits per heavy atom. The van der Waals surface area contributed by atoms with Gasteiger partial charge in [-0.3, -0.25) is 0 Å². The van der Waals surface area contributed by atoms with E-state index in [0.717, 1.165) is 4.68 Å². The molecule has 19 heavy (non-hydrogen) atoms. The number of ether oxygens (including phenoxy) is 1. The first-order chi connectivity index (χ1) is 9.11. The van der Waals surface area contributed by atoms with Gasteiger partial charge in [0.2, 0.25) is 5.95 Å². The van der Waals surface area contributed by atoms with Crippen LogP contribution in [0.4, 0.5) is 10.3 Å². The highest BCUT2D eigenvalue weighted by Crippen LogP contribution is 2.14. The number of hydrogen-bond donors (Lipinski definition) is 1. The first-order valence-electron chi connectivity index (χ1n) is 5.21. The van der Waals surface area contributed by atoms with Crippen molar-refractivity contribution < 1.29 is 13.9 Å². The number of methoxy groups -OCH3 is 1. The molecule has 2 aromatic rings. The summed E-state index contributed by atoms with van der Waals surface area (Å²) in [5.74, 6) is -1.10. The first-order valence-corrected chi connectivity index (χ1v) is 5.21. The fraction of sp³-hybridized carbons (Fsp3) is 0.0909. The van der Waals surface area contributed by atoms with Gasteiger partial charge in [0.1, 0.15) is 5.82 Å². The van der Waals surface area contributed by atoms with E-state index in [0.29, 0.717) is 5.56 Å². The lowest BCUT2D eigenvalue weighted by molar-refractivity contribution is -0.134. The molecular weight excluding hydrogens is 253 g/mol. The van der Waals surface area contributed by atoms with E-state index >= 15 is 0 Å². The Kier molecular flexibility index (Phi) is 3.51. The minimum atomic E-state index is -0.664. The van der Waals surface area contributed by atoms with E-state index in [1.54, 1.807) is 0 Å². The predicted octanol–water partition coefficient (Wildman–Crippen LogP) is 0.566. The van der Waals surface area contributed by atoms with Crippen molar-refractivity contribution >= 4 is 23.7 Å². The lowest BCUT2D eigenvalue weighted by Gasteiger charge is -2.05. The average molecular weight is 263 g/mol. The highest BCUT2D eigenvalue weighted by molar-refractivity contribution is 6.15. The molecule has 0 atom stereocenters. The normalized spacial score (nSPS) is 11.4. The minimum Gasteiger partial charge on any atom is -0.464 e. The molecule has 0 aliphatic rings. The fourth-order valence-corrected chi connectivity index (χ4v) is 1.39. The maximum atomic E-state index is 12.8. The fourth-order valence-electron chi connectivity index (χ4n) is 1.39. The van der Waals surface area contributed by atoms with Crippen molar-refractivity contribution in [1.29, 1.82) is 0 Å². The van der Waals surface area contributed by atoms with Crippen LogP contribution < -0.4 is 5.73 Å². The Balaban J connectivity index is 2.47. The van der Waals surface area contributed by atoms with E-state index in [2.05, 4.69) is 20.3 Å². The Labute approximate surface area is 107 Å². The monoisotopic (exact) mass is 263 g/mol. The van der Waals surface area contributed by atoms with E-state index < -0.39 is 5.97 Å². The van der Waals surface area contributed by atoms with Gasteiger partial charge >= 0.3 is 5.97 Å². The number of benzene rings is 1. The molecule has 2 N–H and O–H groups in total. The molecule has 0 bridgehead atoms. The molecule has 7 nitrogen and oxygen atoms in total. The van der Waals surface area contributed by atoms with E-state index in [1.165, 1.54) is 37.5 Å². The van der Waals surface area contributed by atoms with Crippen LogP contribution in [0.2, 0.25) is 0 Å². The van der Waals surface area contributed by atoms with Gasteiger partial charge in [-0.05, 0) is 34.2 Å². The number of aromatic nitrogens is 4. The number of nitrogens with zero attached hydrogens (tertiary/aromatic N) is 4. The molecule has 0 saturated heterocycles. The third kappa shape index (κ3) is 2.73. The van der Waals surface area contributed by atoms with Gasteiger partial charge in [0.15, 0.2) is 5.70 Å². The standard InChI is InChI=1S/C11H10FN5O2/c1-19-10(18)9(17-11(13)14-15-16-17)6-7-2-4-8(12)5-3-7/h2-6H,1H3,(H2,13,14,16)/b9-6-. The molecule has 1 aromatic carbocycles. The molecule has 98 valence electrons. The molecule has 8 heteroatoms. The van der Waals surface area contributed by atoms with E-state index in [4.69, 9.17) is 5.73 Å². The first kappa shape index (κ1) is 12.7. The number of nitrogen functional groups attached to an aromatic ring is 1. The van der Waals surface area contributed by atoms with Gasteiger partial charge in [0.05, 0.1) is 7.11 Å². The number of tetrazole rings is 1. The van der Waals surface area contributed by atoms with E-state index in [9.17, 15) is 9.18 Å². The van der Waals surface area contributed by atoms with Crippen LogP contribution in [0.1, 0.15) is 5.56 Å². The largest absolute Gasteiger partial charge is 0.464 e. The molecule has 1 aromatic heterocycles. The second-order valence-electron chi connectivity index (χ2n) is 3.52. The van der Waals surface area contributed by atoms with Gasteiger partial charge in [-0.15, -0.1) is 0 Å². The van der Waals surface area contributed by atoms with Crippen LogP contribution in [0.25, 0.3) is 11.8 Å². The summed E-state index contributed by atoms with van der Waals surface area (Å²) >= 11 is 0. The predicted molar refractivity (Wildman–Crippen MR) is 64.8 cm³/mol. The van der Waals surface area contributed by atoms with Gasteiger partial charge in [0.25, 0.3) is 0 Å².